The van der Waals surface area contributed by atoms with E-state index in [0.717, 1.165) is 37.7 Å². The van der Waals surface area contributed by atoms with Crippen LogP contribution in [0.3, 0.4) is 0 Å². The first-order chi connectivity index (χ1) is 17.9. The average molecular weight is 522 g/mol. The molecule has 8 nitrogen and oxygen atoms in total. The number of halogens is 4. The molecule has 2 aromatic heterocycles. The Morgan fingerprint density at radius 3 is 2.65 bits per heavy atom. The summed E-state index contributed by atoms with van der Waals surface area (Å²) in [7, 11) is 0. The third-order valence-corrected chi connectivity index (χ3v) is 6.47. The van der Waals surface area contributed by atoms with Crippen LogP contribution in [0.2, 0.25) is 0 Å². The van der Waals surface area contributed by atoms with Crippen LogP contribution in [0.5, 0.6) is 11.5 Å². The minimum Gasteiger partial charge on any atom is -0.492 e. The third-order valence-electron chi connectivity index (χ3n) is 6.47. The molecular weight excluding hydrogens is 496 g/mol. The molecule has 3 aromatic rings. The summed E-state index contributed by atoms with van der Waals surface area (Å²) in [6.07, 6.45) is 0.869. The Labute approximate surface area is 210 Å². The number of benzene rings is 1. The molecule has 1 aromatic carbocycles. The zero-order chi connectivity index (χ0) is 25.9. The van der Waals surface area contributed by atoms with E-state index in [1.54, 1.807) is 35.0 Å². The number of pyridine rings is 1. The molecule has 0 saturated carbocycles. The number of carbonyl (C=O) groups is 1. The molecule has 12 heteroatoms. The Bertz CT molecular complexity index is 1260. The van der Waals surface area contributed by atoms with E-state index in [1.165, 1.54) is 6.07 Å². The van der Waals surface area contributed by atoms with Crippen molar-refractivity contribution < 1.29 is 36.6 Å². The molecule has 1 saturated heterocycles. The lowest BCUT2D eigenvalue weighted by atomic mass is 9.94. The summed E-state index contributed by atoms with van der Waals surface area (Å²) in [5.74, 6) is -0.444. The molecule has 0 aliphatic carbocycles. The molecule has 1 amide bonds. The monoisotopic (exact) mass is 522 g/mol. The maximum Gasteiger partial charge on any atom is 0.387 e. The highest BCUT2D eigenvalue weighted by molar-refractivity contribution is 6.00. The van der Waals surface area contributed by atoms with Gasteiger partial charge in [0.05, 0.1) is 37.2 Å². The Morgan fingerprint density at radius 1 is 1.08 bits per heavy atom. The van der Waals surface area contributed by atoms with Crippen molar-refractivity contribution in [1.29, 1.82) is 0 Å². The van der Waals surface area contributed by atoms with Crippen LogP contribution in [0.4, 0.5) is 17.6 Å². The van der Waals surface area contributed by atoms with E-state index in [4.69, 9.17) is 9.47 Å². The number of ether oxygens (including phenoxy) is 3. The van der Waals surface area contributed by atoms with E-state index in [2.05, 4.69) is 14.6 Å². The number of hydrogen-bond acceptors (Lipinski definition) is 6. The standard InChI is InChI=1S/C25H26F4N4O4/c26-21(27)15-32-3-1-16-11-17(12-20(37-25(28)29)23(16)24(32)34)19-14-30-22-13-18(2-4-33(19)22)36-10-7-31-5-8-35-9-6-31/h2,4,11-14,21,25H,1,3,5-10,15H2. The van der Waals surface area contributed by atoms with E-state index >= 15 is 0 Å². The van der Waals surface area contributed by atoms with Crippen molar-refractivity contribution in [3.05, 3.63) is 47.8 Å². The van der Waals surface area contributed by atoms with Gasteiger partial charge in [0.2, 0.25) is 0 Å². The number of carbonyl (C=O) groups excluding carboxylic acids is 1. The molecule has 0 bridgehead atoms. The van der Waals surface area contributed by atoms with Crippen LogP contribution in [-0.2, 0) is 11.2 Å². The van der Waals surface area contributed by atoms with Crippen molar-refractivity contribution in [2.24, 2.45) is 0 Å². The predicted octanol–water partition coefficient (Wildman–Crippen LogP) is 3.58. The highest BCUT2D eigenvalue weighted by Crippen LogP contribution is 2.35. The molecule has 5 rings (SSSR count). The average Bonchev–Trinajstić information content (AvgIpc) is 3.29. The quantitative estimate of drug-likeness (QED) is 0.401. The Morgan fingerprint density at radius 2 is 1.89 bits per heavy atom. The second-order valence-electron chi connectivity index (χ2n) is 8.82. The third kappa shape index (κ3) is 5.64. The van der Waals surface area contributed by atoms with Crippen molar-refractivity contribution in [1.82, 2.24) is 19.2 Å². The van der Waals surface area contributed by atoms with Gasteiger partial charge in [-0.3, -0.25) is 14.1 Å². The van der Waals surface area contributed by atoms with E-state index in [-0.39, 0.29) is 24.3 Å². The van der Waals surface area contributed by atoms with Gasteiger partial charge in [0.15, 0.2) is 0 Å². The van der Waals surface area contributed by atoms with Crippen LogP contribution < -0.4 is 9.47 Å². The molecule has 2 aliphatic rings. The van der Waals surface area contributed by atoms with E-state index in [0.29, 0.717) is 34.8 Å². The molecule has 4 heterocycles. The van der Waals surface area contributed by atoms with Crippen molar-refractivity contribution in [2.75, 3.05) is 52.5 Å². The molecule has 0 spiro atoms. The molecule has 1 fully saturated rings. The van der Waals surface area contributed by atoms with Gasteiger partial charge in [-0.15, -0.1) is 0 Å². The maximum atomic E-state index is 13.2. The first kappa shape index (κ1) is 25.3. The summed E-state index contributed by atoms with van der Waals surface area (Å²) < 4.78 is 69.9. The summed E-state index contributed by atoms with van der Waals surface area (Å²) in [4.78, 5) is 20.5. The van der Waals surface area contributed by atoms with Gasteiger partial charge in [-0.05, 0) is 30.2 Å². The molecule has 0 N–H and O–H groups in total. The lowest BCUT2D eigenvalue weighted by Crippen LogP contribution is -2.40. The van der Waals surface area contributed by atoms with E-state index in [1.807, 2.05) is 0 Å². The number of aromatic nitrogens is 2. The van der Waals surface area contributed by atoms with Gasteiger partial charge >= 0.3 is 6.61 Å². The lowest BCUT2D eigenvalue weighted by Gasteiger charge is -2.30. The largest absolute Gasteiger partial charge is 0.492 e. The Hall–Kier alpha value is -3.38. The van der Waals surface area contributed by atoms with Gasteiger partial charge in [0.1, 0.15) is 23.8 Å². The van der Waals surface area contributed by atoms with E-state index in [9.17, 15) is 22.4 Å². The number of nitrogens with zero attached hydrogens (tertiary/aromatic N) is 4. The van der Waals surface area contributed by atoms with Crippen molar-refractivity contribution in [2.45, 2.75) is 19.5 Å². The molecule has 198 valence electrons. The fourth-order valence-corrected chi connectivity index (χ4v) is 4.69. The molecule has 0 unspecified atom stereocenters. The lowest BCUT2D eigenvalue weighted by molar-refractivity contribution is -0.0504. The van der Waals surface area contributed by atoms with Gasteiger partial charge in [0, 0.05) is 44.0 Å². The zero-order valence-corrected chi connectivity index (χ0v) is 19.9. The van der Waals surface area contributed by atoms with Gasteiger partial charge in [-0.25, -0.2) is 13.8 Å². The van der Waals surface area contributed by atoms with Crippen LogP contribution in [0.15, 0.2) is 36.7 Å². The molecule has 0 atom stereocenters. The summed E-state index contributed by atoms with van der Waals surface area (Å²) in [6.45, 7) is 0.597. The predicted molar refractivity (Wildman–Crippen MR) is 126 cm³/mol. The number of hydrogen-bond donors (Lipinski definition) is 0. The van der Waals surface area contributed by atoms with Crippen molar-refractivity contribution in [3.63, 3.8) is 0 Å². The van der Waals surface area contributed by atoms with Crippen LogP contribution in [-0.4, -0.2) is 90.7 Å². The fraction of sp³-hybridized carbons (Fsp3) is 0.440. The molecule has 37 heavy (non-hydrogen) atoms. The molecular formula is C25H26F4N4O4. The molecule has 0 radical (unpaired) electrons. The second-order valence-corrected chi connectivity index (χ2v) is 8.82. The van der Waals surface area contributed by atoms with Gasteiger partial charge < -0.3 is 19.1 Å². The minimum atomic E-state index is -3.18. The zero-order valence-electron chi connectivity index (χ0n) is 19.9. The second kappa shape index (κ2) is 10.9. The fourth-order valence-electron chi connectivity index (χ4n) is 4.69. The Balaban J connectivity index is 1.39. The Kier molecular flexibility index (Phi) is 7.47. The first-order valence-corrected chi connectivity index (χ1v) is 12.0. The van der Waals surface area contributed by atoms with Gasteiger partial charge in [0.25, 0.3) is 12.3 Å². The first-order valence-electron chi connectivity index (χ1n) is 12.0. The van der Waals surface area contributed by atoms with Crippen molar-refractivity contribution in [3.8, 4) is 22.8 Å². The number of imidazole rings is 1. The highest BCUT2D eigenvalue weighted by atomic mass is 19.3. The summed E-state index contributed by atoms with van der Waals surface area (Å²) in [5.41, 5.74) is 2.05. The normalized spacial score (nSPS) is 16.6. The van der Waals surface area contributed by atoms with Crippen molar-refractivity contribution >= 4 is 11.6 Å². The van der Waals surface area contributed by atoms with Crippen LogP contribution in [0.25, 0.3) is 16.9 Å². The van der Waals surface area contributed by atoms with E-state index < -0.39 is 25.5 Å². The SMILES string of the molecule is O=C1c2c(cc(-c3cnc4cc(OCCN5CCOCC5)ccn34)cc2OC(F)F)CCN1CC(F)F. The highest BCUT2D eigenvalue weighted by Gasteiger charge is 2.31. The summed E-state index contributed by atoms with van der Waals surface area (Å²) in [5, 5.41) is 0. The van der Waals surface area contributed by atoms with Crippen LogP contribution in [0, 0.1) is 0 Å². The maximum absolute atomic E-state index is 13.2. The number of fused-ring (bicyclic) bond motifs is 2. The van der Waals surface area contributed by atoms with Gasteiger partial charge in [-0.1, -0.05) is 0 Å². The topological polar surface area (TPSA) is 68.5 Å². The number of morpholine rings is 1. The summed E-state index contributed by atoms with van der Waals surface area (Å²) in [6, 6.07) is 6.59. The molecule has 2 aliphatic heterocycles. The number of rotatable bonds is 9. The minimum absolute atomic E-state index is 0.0616. The van der Waals surface area contributed by atoms with Gasteiger partial charge in [-0.2, -0.15) is 8.78 Å². The number of alkyl halides is 4. The smallest absolute Gasteiger partial charge is 0.387 e. The van der Waals surface area contributed by atoms with Crippen LogP contribution in [0.1, 0.15) is 15.9 Å². The summed E-state index contributed by atoms with van der Waals surface area (Å²) >= 11 is 0. The van der Waals surface area contributed by atoms with Crippen LogP contribution >= 0.6 is 0 Å². The number of amides is 1.